The first kappa shape index (κ1) is 13.4. The number of nitrogens with zero attached hydrogens (tertiary/aromatic N) is 3. The average molecular weight is 250 g/mol. The van der Waals surface area contributed by atoms with Gasteiger partial charge in [0.1, 0.15) is 0 Å². The van der Waals surface area contributed by atoms with E-state index < -0.39 is 0 Å². The first-order valence-corrected chi connectivity index (χ1v) is 7.19. The second kappa shape index (κ2) is 5.74. The molecule has 4 heteroatoms. The molecule has 0 aromatic carbocycles. The molecule has 1 N–H and O–H groups in total. The minimum absolute atomic E-state index is 0.434. The first-order chi connectivity index (χ1) is 8.65. The van der Waals surface area contributed by atoms with Crippen LogP contribution in [-0.2, 0) is 0 Å². The monoisotopic (exact) mass is 250 g/mol. The Labute approximate surface area is 110 Å². The predicted octanol–water partition coefficient (Wildman–Crippen LogP) is 2.43. The zero-order valence-corrected chi connectivity index (χ0v) is 12.1. The third-order valence-corrected chi connectivity index (χ3v) is 3.91. The fourth-order valence-electron chi connectivity index (χ4n) is 2.58. The molecule has 1 aliphatic rings. The highest BCUT2D eigenvalue weighted by Gasteiger charge is 2.26. The number of hydrogen-bond donors (Lipinski definition) is 1. The topological polar surface area (TPSA) is 33.1 Å². The maximum atomic E-state index is 4.47. The number of aromatic nitrogens is 2. The Kier molecular flexibility index (Phi) is 4.27. The summed E-state index contributed by atoms with van der Waals surface area (Å²) in [5, 5.41) is 8.10. The van der Waals surface area contributed by atoms with Crippen LogP contribution in [-0.4, -0.2) is 35.0 Å². The fourth-order valence-corrected chi connectivity index (χ4v) is 2.58. The van der Waals surface area contributed by atoms with Crippen LogP contribution in [0.4, 0.5) is 5.69 Å². The SMILES string of the molecule is CCC1CN(c2cnn(C(C)C)c2)C(CC)CN1. The van der Waals surface area contributed by atoms with Crippen LogP contribution in [0, 0.1) is 0 Å². The molecule has 4 nitrogen and oxygen atoms in total. The summed E-state index contributed by atoms with van der Waals surface area (Å²) in [4.78, 5) is 2.52. The number of nitrogens with one attached hydrogen (secondary N) is 1. The van der Waals surface area contributed by atoms with Gasteiger partial charge >= 0.3 is 0 Å². The summed E-state index contributed by atoms with van der Waals surface area (Å²) in [6.07, 6.45) is 6.56. The molecule has 18 heavy (non-hydrogen) atoms. The Hall–Kier alpha value is -1.03. The van der Waals surface area contributed by atoms with E-state index in [1.807, 2.05) is 10.9 Å². The van der Waals surface area contributed by atoms with Crippen molar-refractivity contribution in [1.82, 2.24) is 15.1 Å². The van der Waals surface area contributed by atoms with Gasteiger partial charge in [0.15, 0.2) is 0 Å². The van der Waals surface area contributed by atoms with Crippen LogP contribution in [0.5, 0.6) is 0 Å². The smallest absolute Gasteiger partial charge is 0.0756 e. The summed E-state index contributed by atoms with van der Waals surface area (Å²) < 4.78 is 2.05. The van der Waals surface area contributed by atoms with Gasteiger partial charge in [0, 0.05) is 37.4 Å². The fraction of sp³-hybridized carbons (Fsp3) is 0.786. The number of rotatable bonds is 4. The van der Waals surface area contributed by atoms with Gasteiger partial charge in [-0.1, -0.05) is 13.8 Å². The molecule has 1 aliphatic heterocycles. The van der Waals surface area contributed by atoms with E-state index in [1.165, 1.54) is 18.5 Å². The van der Waals surface area contributed by atoms with Gasteiger partial charge in [-0.05, 0) is 26.7 Å². The van der Waals surface area contributed by atoms with Crippen molar-refractivity contribution < 1.29 is 0 Å². The molecule has 2 heterocycles. The van der Waals surface area contributed by atoms with Gasteiger partial charge in [-0.15, -0.1) is 0 Å². The zero-order valence-electron chi connectivity index (χ0n) is 12.1. The molecule has 1 aromatic rings. The molecular weight excluding hydrogens is 224 g/mol. The molecule has 0 spiro atoms. The molecule has 1 aromatic heterocycles. The number of hydrogen-bond acceptors (Lipinski definition) is 3. The molecule has 2 unspecified atom stereocenters. The van der Waals surface area contributed by atoms with Crippen molar-refractivity contribution in [1.29, 1.82) is 0 Å². The molecule has 0 saturated carbocycles. The normalized spacial score (nSPS) is 24.8. The van der Waals surface area contributed by atoms with Gasteiger partial charge in [0.25, 0.3) is 0 Å². The van der Waals surface area contributed by atoms with E-state index in [-0.39, 0.29) is 0 Å². The van der Waals surface area contributed by atoms with E-state index in [4.69, 9.17) is 0 Å². The van der Waals surface area contributed by atoms with E-state index in [9.17, 15) is 0 Å². The molecule has 0 radical (unpaired) electrons. The highest BCUT2D eigenvalue weighted by atomic mass is 15.3. The zero-order chi connectivity index (χ0) is 13.1. The van der Waals surface area contributed by atoms with E-state index in [0.717, 1.165) is 13.1 Å². The Balaban J connectivity index is 2.15. The summed E-state index contributed by atoms with van der Waals surface area (Å²) >= 11 is 0. The number of piperazine rings is 1. The number of anilines is 1. The Morgan fingerprint density at radius 3 is 2.72 bits per heavy atom. The molecular formula is C14H26N4. The summed E-state index contributed by atoms with van der Waals surface area (Å²) in [6.45, 7) is 11.0. The minimum atomic E-state index is 0.434. The van der Waals surface area contributed by atoms with Crippen molar-refractivity contribution in [3.05, 3.63) is 12.4 Å². The van der Waals surface area contributed by atoms with Gasteiger partial charge in [-0.3, -0.25) is 4.68 Å². The standard InChI is InChI=1S/C14H26N4/c1-5-12-9-17(13(6-2)7-15-12)14-8-16-18(10-14)11(3)4/h8,10-13,15H,5-7,9H2,1-4H3. The molecule has 2 atom stereocenters. The largest absolute Gasteiger partial charge is 0.363 e. The van der Waals surface area contributed by atoms with Gasteiger partial charge in [-0.2, -0.15) is 5.10 Å². The van der Waals surface area contributed by atoms with Crippen molar-refractivity contribution in [2.75, 3.05) is 18.0 Å². The second-order valence-corrected chi connectivity index (χ2v) is 5.50. The van der Waals surface area contributed by atoms with Crippen LogP contribution < -0.4 is 10.2 Å². The van der Waals surface area contributed by atoms with E-state index >= 15 is 0 Å². The van der Waals surface area contributed by atoms with E-state index in [2.05, 4.69) is 49.2 Å². The first-order valence-electron chi connectivity index (χ1n) is 7.19. The molecule has 1 saturated heterocycles. The van der Waals surface area contributed by atoms with Crippen molar-refractivity contribution >= 4 is 5.69 Å². The van der Waals surface area contributed by atoms with Crippen LogP contribution in [0.25, 0.3) is 0 Å². The van der Waals surface area contributed by atoms with Crippen LogP contribution in [0.1, 0.15) is 46.6 Å². The van der Waals surface area contributed by atoms with E-state index in [0.29, 0.717) is 18.1 Å². The third-order valence-electron chi connectivity index (χ3n) is 3.91. The highest BCUT2D eigenvalue weighted by molar-refractivity contribution is 5.44. The van der Waals surface area contributed by atoms with Gasteiger partial charge in [0.2, 0.25) is 0 Å². The lowest BCUT2D eigenvalue weighted by Gasteiger charge is -2.40. The lowest BCUT2D eigenvalue weighted by atomic mass is 10.0. The maximum Gasteiger partial charge on any atom is 0.0756 e. The van der Waals surface area contributed by atoms with Crippen LogP contribution in [0.2, 0.25) is 0 Å². The van der Waals surface area contributed by atoms with Crippen LogP contribution >= 0.6 is 0 Å². The molecule has 1 fully saturated rings. The van der Waals surface area contributed by atoms with Gasteiger partial charge in [-0.25, -0.2) is 0 Å². The van der Waals surface area contributed by atoms with Crippen molar-refractivity contribution in [3.63, 3.8) is 0 Å². The quantitative estimate of drug-likeness (QED) is 0.891. The third kappa shape index (κ3) is 2.69. The molecule has 0 amide bonds. The lowest BCUT2D eigenvalue weighted by molar-refractivity contribution is 0.378. The van der Waals surface area contributed by atoms with Crippen LogP contribution in [0.15, 0.2) is 12.4 Å². The second-order valence-electron chi connectivity index (χ2n) is 5.50. The van der Waals surface area contributed by atoms with Gasteiger partial charge < -0.3 is 10.2 Å². The lowest BCUT2D eigenvalue weighted by Crippen LogP contribution is -2.56. The maximum absolute atomic E-state index is 4.47. The molecule has 2 rings (SSSR count). The van der Waals surface area contributed by atoms with Crippen molar-refractivity contribution in [3.8, 4) is 0 Å². The van der Waals surface area contributed by atoms with E-state index in [1.54, 1.807) is 0 Å². The molecule has 0 bridgehead atoms. The van der Waals surface area contributed by atoms with Crippen LogP contribution in [0.3, 0.4) is 0 Å². The average Bonchev–Trinajstić information content (AvgIpc) is 2.87. The summed E-state index contributed by atoms with van der Waals surface area (Å²) in [6, 6.07) is 1.64. The minimum Gasteiger partial charge on any atom is -0.363 e. The molecule has 0 aliphatic carbocycles. The predicted molar refractivity (Wildman–Crippen MR) is 76.1 cm³/mol. The highest BCUT2D eigenvalue weighted by Crippen LogP contribution is 2.22. The Bertz CT molecular complexity index is 372. The molecule has 102 valence electrons. The summed E-state index contributed by atoms with van der Waals surface area (Å²) in [7, 11) is 0. The summed E-state index contributed by atoms with van der Waals surface area (Å²) in [5.74, 6) is 0. The Morgan fingerprint density at radius 2 is 2.17 bits per heavy atom. The van der Waals surface area contributed by atoms with Gasteiger partial charge in [0.05, 0.1) is 11.9 Å². The van der Waals surface area contributed by atoms with Crippen molar-refractivity contribution in [2.45, 2.75) is 58.7 Å². The van der Waals surface area contributed by atoms with Crippen molar-refractivity contribution in [2.24, 2.45) is 0 Å². The Morgan fingerprint density at radius 1 is 1.39 bits per heavy atom. The summed E-state index contributed by atoms with van der Waals surface area (Å²) in [5.41, 5.74) is 1.27.